The second-order valence-corrected chi connectivity index (χ2v) is 6.13. The molecule has 0 aliphatic rings. The summed E-state index contributed by atoms with van der Waals surface area (Å²) in [5, 5.41) is 3.62. The van der Waals surface area contributed by atoms with Crippen LogP contribution in [0.5, 0.6) is 0 Å². The Morgan fingerprint density at radius 2 is 1.91 bits per heavy atom. The number of sulfonamides is 1. The Bertz CT molecular complexity index is 812. The van der Waals surface area contributed by atoms with E-state index in [1.807, 2.05) is 4.72 Å². The van der Waals surface area contributed by atoms with Gasteiger partial charge in [0.25, 0.3) is 10.0 Å². The monoisotopic (exact) mass is 337 g/mol. The number of aryl methyl sites for hydroxylation is 2. The fourth-order valence-corrected chi connectivity index (χ4v) is 3.20. The van der Waals surface area contributed by atoms with Gasteiger partial charge in [0.2, 0.25) is 5.95 Å². The van der Waals surface area contributed by atoms with Gasteiger partial charge in [0, 0.05) is 12.7 Å². The minimum atomic E-state index is -4.61. The van der Waals surface area contributed by atoms with Gasteiger partial charge in [-0.1, -0.05) is 6.07 Å². The van der Waals surface area contributed by atoms with Crippen LogP contribution in [0.4, 0.5) is 23.2 Å². The van der Waals surface area contributed by atoms with Crippen LogP contribution in [0.3, 0.4) is 0 Å². The molecule has 0 saturated heterocycles. The van der Waals surface area contributed by atoms with Crippen LogP contribution in [0.25, 0.3) is 0 Å². The first-order chi connectivity index (χ1) is 10.0. The normalized spacial score (nSPS) is 12.5. The molecule has 0 atom stereocenters. The third-order valence-electron chi connectivity index (χ3n) is 2.81. The molecule has 0 radical (unpaired) electrons. The molecule has 0 unspecified atom stereocenters. The summed E-state index contributed by atoms with van der Waals surface area (Å²) < 4.78 is 78.5. The molecule has 0 bridgehead atoms. The lowest BCUT2D eigenvalue weighted by molar-refractivity contribution is -0.137. The average Bonchev–Trinajstić information content (AvgIpc) is 2.62. The van der Waals surface area contributed by atoms with Gasteiger partial charge in [-0.25, -0.2) is 13.1 Å². The molecule has 2 aromatic rings. The van der Waals surface area contributed by atoms with E-state index in [4.69, 9.17) is 0 Å². The molecule has 1 aromatic heterocycles. The lowest BCUT2D eigenvalue weighted by Gasteiger charge is -2.11. The molecule has 0 aliphatic carbocycles. The standard InChI is InChI=1S/C12H11F4N3O2S/c1-7-10(11(13)19(2)17-7)22(20,21)18-9-5-3-4-8(6-9)12(14,15)16/h3-6,18H,1-2H3. The highest BCUT2D eigenvalue weighted by Crippen LogP contribution is 2.31. The first kappa shape index (κ1) is 16.3. The maximum atomic E-state index is 13.8. The van der Waals surface area contributed by atoms with Crippen LogP contribution in [-0.4, -0.2) is 18.2 Å². The summed E-state index contributed by atoms with van der Waals surface area (Å²) in [4.78, 5) is -0.701. The summed E-state index contributed by atoms with van der Waals surface area (Å²) >= 11 is 0. The second kappa shape index (κ2) is 5.27. The zero-order valence-corrected chi connectivity index (χ0v) is 12.3. The lowest BCUT2D eigenvalue weighted by atomic mass is 10.2. The maximum absolute atomic E-state index is 13.8. The van der Waals surface area contributed by atoms with Gasteiger partial charge in [0.1, 0.15) is 0 Å². The number of hydrogen-bond acceptors (Lipinski definition) is 3. The van der Waals surface area contributed by atoms with Crippen LogP contribution in [0.15, 0.2) is 29.2 Å². The molecule has 0 aliphatic heterocycles. The van der Waals surface area contributed by atoms with Crippen molar-refractivity contribution in [3.8, 4) is 0 Å². The van der Waals surface area contributed by atoms with Gasteiger partial charge in [-0.15, -0.1) is 0 Å². The predicted molar refractivity (Wildman–Crippen MR) is 70.2 cm³/mol. The summed E-state index contributed by atoms with van der Waals surface area (Å²) in [5.41, 5.74) is -1.44. The van der Waals surface area contributed by atoms with Gasteiger partial charge >= 0.3 is 6.18 Å². The number of benzene rings is 1. The molecular formula is C12H11F4N3O2S. The predicted octanol–water partition coefficient (Wildman–Crippen LogP) is 2.69. The number of anilines is 1. The highest BCUT2D eigenvalue weighted by Gasteiger charge is 2.31. The Hall–Kier alpha value is -2.10. The van der Waals surface area contributed by atoms with Gasteiger partial charge in [-0.3, -0.25) is 4.72 Å². The van der Waals surface area contributed by atoms with E-state index in [0.29, 0.717) is 6.07 Å². The van der Waals surface area contributed by atoms with E-state index >= 15 is 0 Å². The van der Waals surface area contributed by atoms with Crippen molar-refractivity contribution in [2.75, 3.05) is 4.72 Å². The van der Waals surface area contributed by atoms with Crippen molar-refractivity contribution in [3.63, 3.8) is 0 Å². The van der Waals surface area contributed by atoms with E-state index in [9.17, 15) is 26.0 Å². The van der Waals surface area contributed by atoms with Crippen molar-refractivity contribution in [2.24, 2.45) is 7.05 Å². The number of nitrogens with one attached hydrogen (secondary N) is 1. The van der Waals surface area contributed by atoms with Gasteiger partial charge in [0.05, 0.1) is 11.3 Å². The smallest absolute Gasteiger partial charge is 0.279 e. The van der Waals surface area contributed by atoms with Gasteiger partial charge in [-0.05, 0) is 25.1 Å². The van der Waals surface area contributed by atoms with E-state index in [0.717, 1.165) is 22.9 Å². The maximum Gasteiger partial charge on any atom is 0.416 e. The topological polar surface area (TPSA) is 64.0 Å². The van der Waals surface area contributed by atoms with Crippen LogP contribution in [0.2, 0.25) is 0 Å². The van der Waals surface area contributed by atoms with Crippen LogP contribution < -0.4 is 4.72 Å². The number of aromatic nitrogens is 2. The Morgan fingerprint density at radius 3 is 2.41 bits per heavy atom. The van der Waals surface area contributed by atoms with Crippen molar-refractivity contribution in [2.45, 2.75) is 18.0 Å². The molecule has 0 amide bonds. The molecule has 1 heterocycles. The minimum absolute atomic E-state index is 0.0977. The summed E-state index contributed by atoms with van der Waals surface area (Å²) in [6.45, 7) is 1.28. The summed E-state index contributed by atoms with van der Waals surface area (Å²) in [5.74, 6) is -1.10. The summed E-state index contributed by atoms with van der Waals surface area (Å²) in [6, 6.07) is 3.61. The first-order valence-electron chi connectivity index (χ1n) is 5.91. The molecule has 1 aromatic carbocycles. The molecular weight excluding hydrogens is 326 g/mol. The molecule has 10 heteroatoms. The van der Waals surface area contributed by atoms with Gasteiger partial charge in [-0.2, -0.15) is 22.7 Å². The molecule has 22 heavy (non-hydrogen) atoms. The van der Waals surface area contributed by atoms with E-state index < -0.39 is 32.6 Å². The van der Waals surface area contributed by atoms with E-state index in [1.54, 1.807) is 0 Å². The largest absolute Gasteiger partial charge is 0.416 e. The molecule has 120 valence electrons. The second-order valence-electron chi connectivity index (χ2n) is 4.51. The third kappa shape index (κ3) is 3.06. The Labute approximate surface area is 123 Å². The Balaban J connectivity index is 2.42. The fourth-order valence-electron chi connectivity index (χ4n) is 1.88. The van der Waals surface area contributed by atoms with Crippen molar-refractivity contribution < 1.29 is 26.0 Å². The molecule has 1 N–H and O–H groups in total. The lowest BCUT2D eigenvalue weighted by Crippen LogP contribution is -2.16. The van der Waals surface area contributed by atoms with Crippen LogP contribution >= 0.6 is 0 Å². The highest BCUT2D eigenvalue weighted by atomic mass is 32.2. The molecule has 5 nitrogen and oxygen atoms in total. The SMILES string of the molecule is Cc1nn(C)c(F)c1S(=O)(=O)Nc1cccc(C(F)(F)F)c1. The summed E-state index contributed by atoms with van der Waals surface area (Å²) in [7, 11) is -3.18. The van der Waals surface area contributed by atoms with Crippen molar-refractivity contribution in [3.05, 3.63) is 41.5 Å². The number of rotatable bonds is 3. The zero-order valence-electron chi connectivity index (χ0n) is 11.4. The highest BCUT2D eigenvalue weighted by molar-refractivity contribution is 7.92. The van der Waals surface area contributed by atoms with E-state index in [2.05, 4.69) is 5.10 Å². The van der Waals surface area contributed by atoms with Crippen LogP contribution in [0.1, 0.15) is 11.3 Å². The Kier molecular flexibility index (Phi) is 3.90. The van der Waals surface area contributed by atoms with Crippen LogP contribution in [0, 0.1) is 12.9 Å². The van der Waals surface area contributed by atoms with E-state index in [-0.39, 0.29) is 11.4 Å². The van der Waals surface area contributed by atoms with E-state index in [1.165, 1.54) is 14.0 Å². The zero-order chi connectivity index (χ0) is 16.7. The number of nitrogens with zero attached hydrogens (tertiary/aromatic N) is 2. The number of alkyl halides is 3. The first-order valence-corrected chi connectivity index (χ1v) is 7.40. The molecule has 2 rings (SSSR count). The Morgan fingerprint density at radius 1 is 1.27 bits per heavy atom. The molecule has 0 fully saturated rings. The molecule has 0 saturated carbocycles. The van der Waals surface area contributed by atoms with Crippen molar-refractivity contribution >= 4 is 15.7 Å². The number of hydrogen-bond donors (Lipinski definition) is 1. The average molecular weight is 337 g/mol. The summed E-state index contributed by atoms with van der Waals surface area (Å²) in [6.07, 6.45) is -4.61. The van der Waals surface area contributed by atoms with Gasteiger partial charge in [0.15, 0.2) is 4.90 Å². The number of halogens is 4. The van der Waals surface area contributed by atoms with Crippen molar-refractivity contribution in [1.82, 2.24) is 9.78 Å². The molecule has 0 spiro atoms. The van der Waals surface area contributed by atoms with Gasteiger partial charge < -0.3 is 0 Å². The fraction of sp³-hybridized carbons (Fsp3) is 0.250. The van der Waals surface area contributed by atoms with Crippen LogP contribution in [-0.2, 0) is 23.2 Å². The quantitative estimate of drug-likeness (QED) is 0.876. The third-order valence-corrected chi connectivity index (χ3v) is 4.32. The minimum Gasteiger partial charge on any atom is -0.279 e. The van der Waals surface area contributed by atoms with Crippen molar-refractivity contribution in [1.29, 1.82) is 0 Å².